The summed E-state index contributed by atoms with van der Waals surface area (Å²) in [5, 5.41) is 20.8. The highest BCUT2D eigenvalue weighted by molar-refractivity contribution is 5.97. The fourth-order valence-corrected chi connectivity index (χ4v) is 10.6. The lowest BCUT2D eigenvalue weighted by Gasteiger charge is -2.47. The molecule has 0 saturated carbocycles. The van der Waals surface area contributed by atoms with Crippen molar-refractivity contribution in [1.29, 1.82) is 0 Å². The van der Waals surface area contributed by atoms with Crippen molar-refractivity contribution < 1.29 is 24.5 Å². The van der Waals surface area contributed by atoms with Crippen LogP contribution in [0.2, 0.25) is 0 Å². The quantitative estimate of drug-likeness (QED) is 0.154. The summed E-state index contributed by atoms with van der Waals surface area (Å²) in [6, 6.07) is 17.7. The number of rotatable bonds is 9. The van der Waals surface area contributed by atoms with Gasteiger partial charge < -0.3 is 35.4 Å². The number of nitrogen functional groups attached to an aromatic ring is 1. The minimum atomic E-state index is -0.220. The lowest BCUT2D eigenvalue weighted by Crippen LogP contribution is -2.46. The van der Waals surface area contributed by atoms with E-state index in [1.54, 1.807) is 23.4 Å². The third-order valence-corrected chi connectivity index (χ3v) is 14.7. The van der Waals surface area contributed by atoms with Gasteiger partial charge in [0, 0.05) is 75.4 Å². The van der Waals surface area contributed by atoms with E-state index in [2.05, 4.69) is 55.0 Å². The maximum atomic E-state index is 13.9. The molecule has 66 heavy (non-hydrogen) atoms. The Hall–Kier alpha value is -6.16. The second kappa shape index (κ2) is 18.3. The van der Waals surface area contributed by atoms with Crippen molar-refractivity contribution in [2.24, 2.45) is 5.41 Å². The number of fused-ring (bicyclic) bond motifs is 2. The Morgan fingerprint density at radius 2 is 1.38 bits per heavy atom. The molecule has 5 aliphatic rings. The molecule has 0 aliphatic carbocycles. The molecular weight excluding hydrogens is 833 g/mol. The molecular formula is C51H60N10O5. The number of benzene rings is 3. The normalized spacial score (nSPS) is 18.7. The van der Waals surface area contributed by atoms with E-state index in [0.29, 0.717) is 73.7 Å². The van der Waals surface area contributed by atoms with Crippen LogP contribution in [0.3, 0.4) is 0 Å². The molecule has 5 aliphatic heterocycles. The Kier molecular flexibility index (Phi) is 12.1. The number of amides is 2. The number of piperidine rings is 2. The van der Waals surface area contributed by atoms with Gasteiger partial charge in [0.25, 0.3) is 11.8 Å². The molecule has 2 aromatic heterocycles. The van der Waals surface area contributed by atoms with E-state index in [-0.39, 0.29) is 40.7 Å². The summed E-state index contributed by atoms with van der Waals surface area (Å²) >= 11 is 0. The predicted molar refractivity (Wildman–Crippen MR) is 251 cm³/mol. The first-order valence-corrected chi connectivity index (χ1v) is 23.6. The Morgan fingerprint density at radius 1 is 0.727 bits per heavy atom. The van der Waals surface area contributed by atoms with Gasteiger partial charge in [0.15, 0.2) is 5.82 Å². The molecule has 0 unspecified atom stereocenters. The van der Waals surface area contributed by atoms with Gasteiger partial charge in [-0.1, -0.05) is 44.2 Å². The Morgan fingerprint density at radius 3 is 2.06 bits per heavy atom. The summed E-state index contributed by atoms with van der Waals surface area (Å²) in [4.78, 5) is 56.8. The lowest BCUT2D eigenvalue weighted by atomic mass is 9.71. The molecule has 3 aromatic carbocycles. The van der Waals surface area contributed by atoms with Crippen molar-refractivity contribution in [2.45, 2.75) is 84.6 Å². The van der Waals surface area contributed by atoms with E-state index < -0.39 is 0 Å². The summed E-state index contributed by atoms with van der Waals surface area (Å²) in [6.45, 7) is 14.8. The van der Waals surface area contributed by atoms with Crippen LogP contribution in [-0.2, 0) is 43.9 Å². The van der Waals surface area contributed by atoms with E-state index in [1.165, 1.54) is 42.9 Å². The fraction of sp³-hybridized carbons (Fsp3) is 0.451. The molecule has 1 spiro atoms. The average Bonchev–Trinajstić information content (AvgIpc) is 3.77. The molecule has 0 bridgehead atoms. The number of carbonyl (C=O) groups excluding carboxylic acids is 2. The van der Waals surface area contributed by atoms with Crippen molar-refractivity contribution in [3.05, 3.63) is 117 Å². The van der Waals surface area contributed by atoms with E-state index in [1.807, 2.05) is 30.9 Å². The van der Waals surface area contributed by atoms with Crippen molar-refractivity contribution >= 4 is 23.6 Å². The summed E-state index contributed by atoms with van der Waals surface area (Å²) in [7, 11) is 0. The van der Waals surface area contributed by atoms with E-state index in [9.17, 15) is 19.8 Å². The van der Waals surface area contributed by atoms with Crippen LogP contribution >= 0.6 is 0 Å². The first-order chi connectivity index (χ1) is 32.0. The number of morpholine rings is 1. The third-order valence-electron chi connectivity index (χ3n) is 14.7. The van der Waals surface area contributed by atoms with Crippen LogP contribution in [0, 0.1) is 5.41 Å². The van der Waals surface area contributed by atoms with Crippen molar-refractivity contribution in [3.63, 3.8) is 0 Å². The molecule has 344 valence electrons. The molecule has 5 aromatic rings. The monoisotopic (exact) mass is 892 g/mol. The second-order valence-corrected chi connectivity index (χ2v) is 19.3. The maximum absolute atomic E-state index is 13.9. The summed E-state index contributed by atoms with van der Waals surface area (Å²) in [6.07, 6.45) is 8.78. The number of carbonyl (C=O) groups is 2. The molecule has 4 N–H and O–H groups in total. The second-order valence-electron chi connectivity index (χ2n) is 19.3. The van der Waals surface area contributed by atoms with E-state index in [0.717, 1.165) is 80.6 Å². The van der Waals surface area contributed by atoms with Crippen molar-refractivity contribution in [2.75, 3.05) is 69.7 Å². The number of hydrogen-bond donors (Lipinski definition) is 3. The van der Waals surface area contributed by atoms with Crippen LogP contribution in [0.15, 0.2) is 67.0 Å². The Labute approximate surface area is 386 Å². The average molecular weight is 893 g/mol. The van der Waals surface area contributed by atoms with Gasteiger partial charge in [0.2, 0.25) is 5.95 Å². The SMILES string of the molecule is CC(C)c1cc(C(=O)N2Cc3ccc(CN4CCC5(CCN(Cc6ccc(C(=O)N7CCc8c(nc(-c9cnc(N)nc9)nc8N8CCOCC8)C7)cc6)CC5)CC4)cc3C2)c(O)cc1O. The van der Waals surface area contributed by atoms with Crippen LogP contribution in [-0.4, -0.2) is 121 Å². The van der Waals surface area contributed by atoms with Crippen molar-refractivity contribution in [1.82, 2.24) is 39.5 Å². The highest BCUT2D eigenvalue weighted by Crippen LogP contribution is 2.42. The Balaban J connectivity index is 0.702. The molecule has 7 heterocycles. The van der Waals surface area contributed by atoms with Gasteiger partial charge in [-0.2, -0.15) is 0 Å². The number of nitrogens with two attached hydrogens (primary N) is 1. The van der Waals surface area contributed by atoms with Gasteiger partial charge in [-0.15, -0.1) is 0 Å². The van der Waals surface area contributed by atoms with Gasteiger partial charge >= 0.3 is 0 Å². The zero-order valence-electron chi connectivity index (χ0n) is 38.1. The van der Waals surface area contributed by atoms with Gasteiger partial charge in [0.05, 0.1) is 36.6 Å². The summed E-state index contributed by atoms with van der Waals surface area (Å²) < 4.78 is 5.63. The lowest BCUT2D eigenvalue weighted by molar-refractivity contribution is 0.0300. The number of anilines is 2. The van der Waals surface area contributed by atoms with Crippen LogP contribution < -0.4 is 10.6 Å². The number of nitrogens with zero attached hydrogens (tertiary/aromatic N) is 9. The largest absolute Gasteiger partial charge is 0.508 e. The number of aromatic hydroxyl groups is 2. The first kappa shape index (κ1) is 43.7. The number of ether oxygens (including phenoxy) is 1. The van der Waals surface area contributed by atoms with Gasteiger partial charge in [-0.05, 0) is 116 Å². The standard InChI is InChI=1S/C51H60N10O5/c1-33(2)41-24-42(45(63)25-44(41)62)49(65)61-30-37-8-5-35(23-38(37)31-61)29-58-17-12-51(13-18-58)10-15-57(16-11-51)28-34-3-6-36(7-4-34)48(64)60-14-9-40-43(32-60)55-46(39-26-53-50(52)54-27-39)56-47(40)59-19-21-66-22-20-59/h3-8,23-27,33,62-63H,9-22,28-32H2,1-2H3,(H2,52,53,54). The highest BCUT2D eigenvalue weighted by Gasteiger charge is 2.38. The number of phenols is 2. The predicted octanol–water partition coefficient (Wildman–Crippen LogP) is 6.12. The van der Waals surface area contributed by atoms with Gasteiger partial charge in [-0.25, -0.2) is 19.9 Å². The summed E-state index contributed by atoms with van der Waals surface area (Å²) in [5.74, 6) is 1.25. The van der Waals surface area contributed by atoms with Gasteiger partial charge in [-0.3, -0.25) is 19.4 Å². The van der Waals surface area contributed by atoms with E-state index in [4.69, 9.17) is 20.4 Å². The first-order valence-electron chi connectivity index (χ1n) is 23.6. The minimum Gasteiger partial charge on any atom is -0.508 e. The van der Waals surface area contributed by atoms with Gasteiger partial charge in [0.1, 0.15) is 17.3 Å². The summed E-state index contributed by atoms with van der Waals surface area (Å²) in [5.41, 5.74) is 15.1. The zero-order chi connectivity index (χ0) is 45.5. The number of phenolic OH excluding ortho intramolecular Hbond substituents is 2. The molecule has 15 heteroatoms. The molecule has 10 rings (SSSR count). The molecule has 2 amide bonds. The van der Waals surface area contributed by atoms with Crippen LogP contribution in [0.4, 0.5) is 11.8 Å². The molecule has 15 nitrogen and oxygen atoms in total. The molecule has 3 saturated heterocycles. The number of likely N-dealkylation sites (tertiary alicyclic amines) is 2. The maximum Gasteiger partial charge on any atom is 0.258 e. The van der Waals surface area contributed by atoms with Crippen LogP contribution in [0.25, 0.3) is 11.4 Å². The molecule has 0 atom stereocenters. The minimum absolute atomic E-state index is 0.00527. The molecule has 3 fully saturated rings. The number of aromatic nitrogens is 4. The topological polar surface area (TPSA) is 178 Å². The van der Waals surface area contributed by atoms with Crippen molar-refractivity contribution in [3.8, 4) is 22.9 Å². The molecule has 0 radical (unpaired) electrons. The van der Waals surface area contributed by atoms with Crippen LogP contribution in [0.1, 0.15) is 105 Å². The zero-order valence-corrected chi connectivity index (χ0v) is 38.1. The van der Waals surface area contributed by atoms with E-state index >= 15 is 0 Å². The Bertz CT molecular complexity index is 2600. The highest BCUT2D eigenvalue weighted by atomic mass is 16.5. The smallest absolute Gasteiger partial charge is 0.258 e. The number of hydrogen-bond acceptors (Lipinski definition) is 13. The van der Waals surface area contributed by atoms with Crippen LogP contribution in [0.5, 0.6) is 11.5 Å². The fourth-order valence-electron chi connectivity index (χ4n) is 10.6. The third kappa shape index (κ3) is 9.03.